The highest BCUT2D eigenvalue weighted by Crippen LogP contribution is 2.35. The second-order valence-electron chi connectivity index (χ2n) is 7.85. The molecule has 202 valence electrons. The van der Waals surface area contributed by atoms with Crippen LogP contribution >= 0.6 is 0 Å². The SMILES string of the molecule is CNCCOc1ccc(C(F)(F)F)cc1NC(=O)NNc1cccc(Oc2ccnc(C(=O)NC)c2)c1C. The van der Waals surface area contributed by atoms with Crippen molar-refractivity contribution < 1.29 is 32.2 Å². The first-order chi connectivity index (χ1) is 18.1. The Kier molecular flexibility index (Phi) is 9.33. The minimum Gasteiger partial charge on any atom is -0.490 e. The number of halogens is 3. The lowest BCUT2D eigenvalue weighted by atomic mass is 10.2. The highest BCUT2D eigenvalue weighted by molar-refractivity contribution is 5.92. The number of hydrogen-bond donors (Lipinski definition) is 5. The van der Waals surface area contributed by atoms with Crippen LogP contribution in [0.25, 0.3) is 0 Å². The van der Waals surface area contributed by atoms with E-state index in [1.807, 2.05) is 0 Å². The summed E-state index contributed by atoms with van der Waals surface area (Å²) >= 11 is 0. The first kappa shape index (κ1) is 28.1. The molecule has 0 atom stereocenters. The molecule has 1 heterocycles. The van der Waals surface area contributed by atoms with E-state index in [0.29, 0.717) is 29.3 Å². The number of ether oxygens (including phenoxy) is 2. The first-order valence-corrected chi connectivity index (χ1v) is 11.4. The molecule has 13 heteroatoms. The van der Waals surface area contributed by atoms with Crippen molar-refractivity contribution in [3.63, 3.8) is 0 Å². The summed E-state index contributed by atoms with van der Waals surface area (Å²) in [6.07, 6.45) is -3.16. The third-order valence-corrected chi connectivity index (χ3v) is 5.18. The van der Waals surface area contributed by atoms with Crippen LogP contribution < -0.4 is 36.3 Å². The Bertz CT molecular complexity index is 1290. The molecular weight excluding hydrogens is 505 g/mol. The Labute approximate surface area is 216 Å². The van der Waals surface area contributed by atoms with Gasteiger partial charge in [0, 0.05) is 31.4 Å². The van der Waals surface area contributed by atoms with Crippen LogP contribution in [0.15, 0.2) is 54.7 Å². The van der Waals surface area contributed by atoms with Gasteiger partial charge in [-0.05, 0) is 50.4 Å². The summed E-state index contributed by atoms with van der Waals surface area (Å²) in [5, 5.41) is 7.73. The van der Waals surface area contributed by atoms with Gasteiger partial charge in [-0.25, -0.2) is 4.79 Å². The lowest BCUT2D eigenvalue weighted by Crippen LogP contribution is -2.34. The van der Waals surface area contributed by atoms with E-state index < -0.39 is 17.8 Å². The van der Waals surface area contributed by atoms with Gasteiger partial charge in [-0.2, -0.15) is 13.2 Å². The molecule has 0 unspecified atom stereocenters. The summed E-state index contributed by atoms with van der Waals surface area (Å²) < 4.78 is 51.0. The maximum Gasteiger partial charge on any atom is 0.416 e. The molecular formula is C25H27F3N6O4. The van der Waals surface area contributed by atoms with E-state index in [1.54, 1.807) is 38.2 Å². The molecule has 3 amide bonds. The lowest BCUT2D eigenvalue weighted by Gasteiger charge is -2.17. The van der Waals surface area contributed by atoms with Crippen LogP contribution in [-0.4, -0.2) is 44.2 Å². The number of aromatic nitrogens is 1. The average Bonchev–Trinajstić information content (AvgIpc) is 2.89. The van der Waals surface area contributed by atoms with Gasteiger partial charge < -0.3 is 25.4 Å². The van der Waals surface area contributed by atoms with Crippen LogP contribution in [0.1, 0.15) is 21.6 Å². The van der Waals surface area contributed by atoms with Gasteiger partial charge >= 0.3 is 12.2 Å². The Morgan fingerprint density at radius 3 is 2.50 bits per heavy atom. The topological polar surface area (TPSA) is 126 Å². The average molecular weight is 533 g/mol. The number of hydrogen-bond acceptors (Lipinski definition) is 7. The van der Waals surface area contributed by atoms with E-state index in [0.717, 1.165) is 18.2 Å². The summed E-state index contributed by atoms with van der Waals surface area (Å²) in [7, 11) is 3.19. The highest BCUT2D eigenvalue weighted by Gasteiger charge is 2.31. The van der Waals surface area contributed by atoms with Crippen molar-refractivity contribution in [2.24, 2.45) is 0 Å². The highest BCUT2D eigenvalue weighted by atomic mass is 19.4. The Hall–Kier alpha value is -4.52. The van der Waals surface area contributed by atoms with E-state index in [1.165, 1.54) is 19.3 Å². The summed E-state index contributed by atoms with van der Waals surface area (Å²) in [6.45, 7) is 2.38. The smallest absolute Gasteiger partial charge is 0.416 e. The largest absolute Gasteiger partial charge is 0.490 e. The molecule has 0 aliphatic heterocycles. The van der Waals surface area contributed by atoms with Gasteiger partial charge in [-0.1, -0.05) is 6.07 Å². The van der Waals surface area contributed by atoms with Gasteiger partial charge in [-0.15, -0.1) is 0 Å². The molecule has 0 aliphatic rings. The number of anilines is 2. The maximum atomic E-state index is 13.2. The molecule has 0 saturated carbocycles. The third-order valence-electron chi connectivity index (χ3n) is 5.18. The zero-order valence-electron chi connectivity index (χ0n) is 20.8. The van der Waals surface area contributed by atoms with Crippen molar-refractivity contribution in [1.29, 1.82) is 0 Å². The summed E-state index contributed by atoms with van der Waals surface area (Å²) in [4.78, 5) is 28.3. The predicted molar refractivity (Wildman–Crippen MR) is 136 cm³/mol. The normalized spacial score (nSPS) is 10.9. The minimum absolute atomic E-state index is 0.0865. The molecule has 1 aromatic heterocycles. The molecule has 5 N–H and O–H groups in total. The van der Waals surface area contributed by atoms with E-state index in [-0.39, 0.29) is 29.6 Å². The lowest BCUT2D eigenvalue weighted by molar-refractivity contribution is -0.137. The standard InChI is InChI=1S/C25H27F3N6O4/c1-15-18(5-4-6-21(15)38-17-9-10-31-20(14-17)23(35)30-3)33-34-24(36)32-19-13-16(25(26,27)28)7-8-22(19)37-12-11-29-2/h4-10,13-14,29,33H,11-12H2,1-3H3,(H,30,35)(H2,32,34,36). The van der Waals surface area contributed by atoms with Crippen LogP contribution in [0.4, 0.5) is 29.3 Å². The number of amides is 3. The van der Waals surface area contributed by atoms with Crippen molar-refractivity contribution in [3.05, 3.63) is 71.5 Å². The predicted octanol–water partition coefficient (Wildman–Crippen LogP) is 4.31. The van der Waals surface area contributed by atoms with Crippen molar-refractivity contribution in [2.45, 2.75) is 13.1 Å². The monoisotopic (exact) mass is 532 g/mol. The van der Waals surface area contributed by atoms with E-state index >= 15 is 0 Å². The zero-order valence-corrected chi connectivity index (χ0v) is 20.8. The van der Waals surface area contributed by atoms with Gasteiger partial charge in [-0.3, -0.25) is 20.6 Å². The molecule has 2 aromatic carbocycles. The Morgan fingerprint density at radius 2 is 1.79 bits per heavy atom. The van der Waals surface area contributed by atoms with Crippen molar-refractivity contribution in [2.75, 3.05) is 38.0 Å². The summed E-state index contributed by atoms with van der Waals surface area (Å²) in [6, 6.07) is 10.1. The van der Waals surface area contributed by atoms with Gasteiger partial charge in [0.2, 0.25) is 0 Å². The molecule has 10 nitrogen and oxygen atoms in total. The van der Waals surface area contributed by atoms with Gasteiger partial charge in [0.15, 0.2) is 0 Å². The Balaban J connectivity index is 1.70. The zero-order chi connectivity index (χ0) is 27.7. The fraction of sp³-hybridized carbons (Fsp3) is 0.240. The van der Waals surface area contributed by atoms with Gasteiger partial charge in [0.25, 0.3) is 5.91 Å². The molecule has 0 spiro atoms. The number of nitrogens with one attached hydrogen (secondary N) is 5. The van der Waals surface area contributed by atoms with Crippen LogP contribution in [0.5, 0.6) is 17.2 Å². The van der Waals surface area contributed by atoms with Crippen molar-refractivity contribution in [3.8, 4) is 17.2 Å². The first-order valence-electron chi connectivity index (χ1n) is 11.4. The molecule has 38 heavy (non-hydrogen) atoms. The van der Waals surface area contributed by atoms with E-state index in [2.05, 4.69) is 31.8 Å². The third kappa shape index (κ3) is 7.49. The number of pyridine rings is 1. The Morgan fingerprint density at radius 1 is 1.00 bits per heavy atom. The number of rotatable bonds is 10. The number of nitrogens with zero attached hydrogens (tertiary/aromatic N) is 1. The molecule has 0 radical (unpaired) electrons. The number of urea groups is 1. The van der Waals surface area contributed by atoms with Gasteiger partial charge in [0.1, 0.15) is 29.5 Å². The maximum absolute atomic E-state index is 13.2. The molecule has 0 saturated heterocycles. The molecule has 0 aliphatic carbocycles. The number of benzene rings is 2. The van der Waals surface area contributed by atoms with Crippen LogP contribution in [0, 0.1) is 6.92 Å². The quantitative estimate of drug-likeness (QED) is 0.195. The number of alkyl halides is 3. The van der Waals surface area contributed by atoms with Crippen LogP contribution in [-0.2, 0) is 6.18 Å². The second kappa shape index (κ2) is 12.6. The number of likely N-dealkylation sites (N-methyl/N-ethyl adjacent to an activating group) is 1. The second-order valence-corrected chi connectivity index (χ2v) is 7.85. The molecule has 3 rings (SSSR count). The van der Waals surface area contributed by atoms with E-state index in [9.17, 15) is 22.8 Å². The number of carbonyl (C=O) groups is 2. The van der Waals surface area contributed by atoms with Crippen LogP contribution in [0.3, 0.4) is 0 Å². The number of hydrazine groups is 1. The van der Waals surface area contributed by atoms with Crippen molar-refractivity contribution in [1.82, 2.24) is 21.0 Å². The number of carbonyl (C=O) groups excluding carboxylic acids is 2. The van der Waals surface area contributed by atoms with Crippen LogP contribution in [0.2, 0.25) is 0 Å². The molecule has 0 bridgehead atoms. The fourth-order valence-electron chi connectivity index (χ4n) is 3.18. The summed E-state index contributed by atoms with van der Waals surface area (Å²) in [5.41, 5.74) is 5.30. The molecule has 3 aromatic rings. The summed E-state index contributed by atoms with van der Waals surface area (Å²) in [5.74, 6) is 0.530. The van der Waals surface area contributed by atoms with E-state index in [4.69, 9.17) is 9.47 Å². The van der Waals surface area contributed by atoms with Gasteiger partial charge in [0.05, 0.1) is 16.9 Å². The van der Waals surface area contributed by atoms with Crippen molar-refractivity contribution >= 4 is 23.3 Å². The fourth-order valence-corrected chi connectivity index (χ4v) is 3.18. The molecule has 0 fully saturated rings. The minimum atomic E-state index is -4.60.